The van der Waals surface area contributed by atoms with Crippen LogP contribution in [0.5, 0.6) is 0 Å². The van der Waals surface area contributed by atoms with E-state index < -0.39 is 9.84 Å². The second kappa shape index (κ2) is 8.75. The zero-order chi connectivity index (χ0) is 22.0. The quantitative estimate of drug-likeness (QED) is 0.351. The number of hydrogen-bond donors (Lipinski definition) is 1. The summed E-state index contributed by atoms with van der Waals surface area (Å²) >= 11 is 12.5. The number of aromatic nitrogens is 1. The fourth-order valence-corrected chi connectivity index (χ4v) is 4.69. The largest absolute Gasteiger partial charge is 0.419 e. The molecule has 4 rings (SSSR count). The molecule has 1 aromatic heterocycles. The molecule has 0 aliphatic heterocycles. The molecule has 5 nitrogen and oxygen atoms in total. The zero-order valence-corrected chi connectivity index (χ0v) is 18.8. The van der Waals surface area contributed by atoms with E-state index in [1.807, 2.05) is 25.1 Å². The van der Waals surface area contributed by atoms with E-state index in [1.54, 1.807) is 54.6 Å². The average Bonchev–Trinajstić information content (AvgIpc) is 3.19. The standard InChI is InChI=1S/C23H18Cl2N2O3S/c1-15-10-12-17(13-11-15)31(28,29)23-22(26-14-16-6-2-4-8-19(16)24)30-21(27-23)18-7-3-5-9-20(18)25/h2-13,26H,14H2,1H3. The molecule has 0 unspecified atom stereocenters. The van der Waals surface area contributed by atoms with Gasteiger partial charge in [-0.1, -0.05) is 71.2 Å². The highest BCUT2D eigenvalue weighted by Gasteiger charge is 2.29. The molecule has 0 saturated carbocycles. The van der Waals surface area contributed by atoms with Crippen LogP contribution in [-0.4, -0.2) is 13.4 Å². The highest BCUT2D eigenvalue weighted by Crippen LogP contribution is 2.35. The minimum atomic E-state index is -3.94. The molecule has 0 saturated heterocycles. The maximum absolute atomic E-state index is 13.4. The first-order chi connectivity index (χ1) is 14.9. The predicted molar refractivity (Wildman–Crippen MR) is 122 cm³/mol. The molecule has 0 amide bonds. The average molecular weight is 473 g/mol. The molecule has 4 aromatic rings. The lowest BCUT2D eigenvalue weighted by molar-refractivity contribution is 0.577. The Labute approximate surface area is 190 Å². The number of anilines is 1. The predicted octanol–water partition coefficient (Wildman–Crippen LogP) is 6.40. The summed E-state index contributed by atoms with van der Waals surface area (Å²) in [6.45, 7) is 2.14. The highest BCUT2D eigenvalue weighted by atomic mass is 35.5. The molecule has 0 bridgehead atoms. The van der Waals surface area contributed by atoms with Gasteiger partial charge >= 0.3 is 0 Å². The molecule has 0 atom stereocenters. The van der Waals surface area contributed by atoms with Gasteiger partial charge in [-0.05, 0) is 42.8 Å². The van der Waals surface area contributed by atoms with E-state index in [0.29, 0.717) is 15.6 Å². The molecule has 158 valence electrons. The van der Waals surface area contributed by atoms with Crippen LogP contribution in [0.2, 0.25) is 10.0 Å². The Morgan fingerprint density at radius 1 is 0.903 bits per heavy atom. The lowest BCUT2D eigenvalue weighted by atomic mass is 10.2. The summed E-state index contributed by atoms with van der Waals surface area (Å²) in [5, 5.41) is 3.78. The Kier molecular flexibility index (Phi) is 6.05. The van der Waals surface area contributed by atoms with Crippen molar-refractivity contribution in [1.29, 1.82) is 0 Å². The van der Waals surface area contributed by atoms with Crippen molar-refractivity contribution in [2.24, 2.45) is 0 Å². The third-order valence-corrected chi connectivity index (χ3v) is 7.06. The summed E-state index contributed by atoms with van der Waals surface area (Å²) in [5.74, 6) is 0.133. The van der Waals surface area contributed by atoms with Crippen molar-refractivity contribution in [2.75, 3.05) is 5.32 Å². The summed E-state index contributed by atoms with van der Waals surface area (Å²) in [5.41, 5.74) is 2.24. The van der Waals surface area contributed by atoms with Gasteiger partial charge in [0.15, 0.2) is 0 Å². The van der Waals surface area contributed by atoms with Crippen LogP contribution in [0.3, 0.4) is 0 Å². The lowest BCUT2D eigenvalue weighted by Gasteiger charge is -2.07. The minimum absolute atomic E-state index is 0.0235. The third-order valence-electron chi connectivity index (χ3n) is 4.68. The highest BCUT2D eigenvalue weighted by molar-refractivity contribution is 7.91. The Balaban J connectivity index is 1.79. The number of sulfone groups is 1. The van der Waals surface area contributed by atoms with Gasteiger partial charge in [0, 0.05) is 11.6 Å². The maximum atomic E-state index is 13.4. The summed E-state index contributed by atoms with van der Waals surface area (Å²) in [6, 6.07) is 20.8. The molecule has 8 heteroatoms. The fourth-order valence-electron chi connectivity index (χ4n) is 3.00. The first-order valence-electron chi connectivity index (χ1n) is 9.41. The molecule has 1 heterocycles. The van der Waals surface area contributed by atoms with Gasteiger partial charge in [-0.15, -0.1) is 0 Å². The van der Waals surface area contributed by atoms with E-state index in [0.717, 1.165) is 11.1 Å². The second-order valence-corrected chi connectivity index (χ2v) is 9.57. The zero-order valence-electron chi connectivity index (χ0n) is 16.5. The number of oxazole rings is 1. The van der Waals surface area contributed by atoms with Crippen LogP contribution in [0, 0.1) is 6.92 Å². The van der Waals surface area contributed by atoms with E-state index >= 15 is 0 Å². The summed E-state index contributed by atoms with van der Waals surface area (Å²) < 4.78 is 32.6. The molecule has 0 aliphatic rings. The number of aryl methyl sites for hydroxylation is 1. The van der Waals surface area contributed by atoms with Gasteiger partial charge in [-0.25, -0.2) is 8.42 Å². The molecule has 0 radical (unpaired) electrons. The van der Waals surface area contributed by atoms with Crippen molar-refractivity contribution in [3.63, 3.8) is 0 Å². The Hall–Kier alpha value is -2.80. The second-order valence-electron chi connectivity index (χ2n) is 6.89. The Morgan fingerprint density at radius 3 is 2.23 bits per heavy atom. The fraction of sp³-hybridized carbons (Fsp3) is 0.0870. The van der Waals surface area contributed by atoms with Crippen molar-refractivity contribution in [2.45, 2.75) is 23.4 Å². The number of rotatable bonds is 6. The van der Waals surface area contributed by atoms with Crippen LogP contribution < -0.4 is 5.32 Å². The normalized spacial score (nSPS) is 11.5. The van der Waals surface area contributed by atoms with E-state index in [4.69, 9.17) is 27.6 Å². The van der Waals surface area contributed by atoms with Gasteiger partial charge < -0.3 is 9.73 Å². The van der Waals surface area contributed by atoms with Crippen molar-refractivity contribution in [3.05, 3.63) is 94.0 Å². The van der Waals surface area contributed by atoms with Crippen LogP contribution in [0.1, 0.15) is 11.1 Å². The summed E-state index contributed by atoms with van der Waals surface area (Å²) in [6.07, 6.45) is 0. The first-order valence-corrected chi connectivity index (χ1v) is 11.6. The van der Waals surface area contributed by atoms with Crippen molar-refractivity contribution in [3.8, 4) is 11.5 Å². The number of hydrogen-bond acceptors (Lipinski definition) is 5. The molecule has 0 fully saturated rings. The number of benzene rings is 3. The van der Waals surface area contributed by atoms with Gasteiger partial charge in [0.1, 0.15) is 0 Å². The topological polar surface area (TPSA) is 72.2 Å². The van der Waals surface area contributed by atoms with Crippen molar-refractivity contribution in [1.82, 2.24) is 4.98 Å². The molecule has 1 N–H and O–H groups in total. The van der Waals surface area contributed by atoms with E-state index in [-0.39, 0.29) is 28.2 Å². The van der Waals surface area contributed by atoms with Crippen molar-refractivity contribution < 1.29 is 12.8 Å². The van der Waals surface area contributed by atoms with Crippen LogP contribution in [0.25, 0.3) is 11.5 Å². The summed E-state index contributed by atoms with van der Waals surface area (Å²) in [7, 11) is -3.94. The van der Waals surface area contributed by atoms with Crippen LogP contribution in [0.15, 0.2) is 87.1 Å². The van der Waals surface area contributed by atoms with Gasteiger partial charge in [-0.3, -0.25) is 0 Å². The van der Waals surface area contributed by atoms with E-state index in [9.17, 15) is 8.42 Å². The number of nitrogens with zero attached hydrogens (tertiary/aromatic N) is 1. The molecular weight excluding hydrogens is 455 g/mol. The molecular formula is C23H18Cl2N2O3S. The van der Waals surface area contributed by atoms with E-state index in [1.165, 1.54) is 0 Å². The smallest absolute Gasteiger partial charge is 0.234 e. The van der Waals surface area contributed by atoms with Crippen LogP contribution in [0.4, 0.5) is 5.88 Å². The third kappa shape index (κ3) is 4.46. The van der Waals surface area contributed by atoms with Gasteiger partial charge in [0.05, 0.1) is 15.5 Å². The van der Waals surface area contributed by atoms with Gasteiger partial charge in [-0.2, -0.15) is 4.98 Å². The van der Waals surface area contributed by atoms with Crippen LogP contribution >= 0.6 is 23.2 Å². The minimum Gasteiger partial charge on any atom is -0.419 e. The monoisotopic (exact) mass is 472 g/mol. The Bertz CT molecular complexity index is 1330. The molecule has 3 aromatic carbocycles. The van der Waals surface area contributed by atoms with Crippen molar-refractivity contribution >= 4 is 38.9 Å². The number of nitrogens with one attached hydrogen (secondary N) is 1. The number of halogens is 2. The summed E-state index contributed by atoms with van der Waals surface area (Å²) in [4.78, 5) is 4.43. The van der Waals surface area contributed by atoms with E-state index in [2.05, 4.69) is 10.3 Å². The molecule has 31 heavy (non-hydrogen) atoms. The molecule has 0 spiro atoms. The first kappa shape index (κ1) is 21.4. The van der Waals surface area contributed by atoms with Gasteiger partial charge in [0.25, 0.3) is 0 Å². The lowest BCUT2D eigenvalue weighted by Crippen LogP contribution is -2.07. The van der Waals surface area contributed by atoms with Gasteiger partial charge in [0.2, 0.25) is 26.6 Å². The maximum Gasteiger partial charge on any atom is 0.234 e. The Morgan fingerprint density at radius 2 is 1.55 bits per heavy atom. The molecule has 0 aliphatic carbocycles. The van der Waals surface area contributed by atoms with Crippen LogP contribution in [-0.2, 0) is 16.4 Å². The SMILES string of the molecule is Cc1ccc(S(=O)(=O)c2nc(-c3ccccc3Cl)oc2NCc2ccccc2Cl)cc1.